The summed E-state index contributed by atoms with van der Waals surface area (Å²) in [4.78, 5) is 40.2. The van der Waals surface area contributed by atoms with E-state index >= 15 is 0 Å². The van der Waals surface area contributed by atoms with E-state index < -0.39 is 5.92 Å². The largest absolute Gasteiger partial charge is 0.299 e. The van der Waals surface area contributed by atoms with Crippen LogP contribution in [0.2, 0.25) is 0 Å². The average molecular weight is 353 g/mol. The highest BCUT2D eigenvalue weighted by molar-refractivity contribution is 6.22. The fourth-order valence-electron chi connectivity index (χ4n) is 3.56. The van der Waals surface area contributed by atoms with Gasteiger partial charge in [-0.05, 0) is 36.5 Å². The molecule has 1 unspecified atom stereocenters. The first-order chi connectivity index (χ1) is 12.2. The first kappa shape index (κ1) is 18.2. The zero-order valence-electron chi connectivity index (χ0n) is 15.3. The van der Waals surface area contributed by atoms with Crippen molar-refractivity contribution in [2.24, 2.45) is 21.4 Å². The Kier molecular flexibility index (Phi) is 4.85. The summed E-state index contributed by atoms with van der Waals surface area (Å²) in [5, 5.41) is 4.08. The van der Waals surface area contributed by atoms with Gasteiger partial charge >= 0.3 is 0 Å². The minimum absolute atomic E-state index is 0.0450. The van der Waals surface area contributed by atoms with Crippen LogP contribution >= 0.6 is 0 Å². The van der Waals surface area contributed by atoms with E-state index in [0.717, 1.165) is 11.3 Å². The standard InChI is InChI=1S/C20H23N3O3/c1-12(24)19-16(10-20(2,3)11-17(19)25)21-14-6-4-13(5-7-14)15-8-9-18(26)23-22-15/h4-7,19H,8-11H2,1-3H3,(H,23,26). The minimum Gasteiger partial charge on any atom is -0.299 e. The van der Waals surface area contributed by atoms with Gasteiger partial charge in [0.15, 0.2) is 0 Å². The van der Waals surface area contributed by atoms with Crippen LogP contribution in [0.25, 0.3) is 0 Å². The van der Waals surface area contributed by atoms with Crippen molar-refractivity contribution in [1.29, 1.82) is 0 Å². The maximum absolute atomic E-state index is 12.4. The molecular formula is C20H23N3O3. The molecule has 1 aromatic carbocycles. The van der Waals surface area contributed by atoms with E-state index in [9.17, 15) is 14.4 Å². The lowest BCUT2D eigenvalue weighted by Gasteiger charge is -2.33. The molecule has 0 spiro atoms. The van der Waals surface area contributed by atoms with Gasteiger partial charge < -0.3 is 0 Å². The summed E-state index contributed by atoms with van der Waals surface area (Å²) >= 11 is 0. The van der Waals surface area contributed by atoms with Crippen molar-refractivity contribution in [3.63, 3.8) is 0 Å². The number of carbonyl (C=O) groups is 3. The number of ketones is 2. The Balaban J connectivity index is 1.87. The van der Waals surface area contributed by atoms with Crippen molar-refractivity contribution in [2.45, 2.75) is 46.5 Å². The Morgan fingerprint density at radius 3 is 2.42 bits per heavy atom. The van der Waals surface area contributed by atoms with Crippen LogP contribution in [0.4, 0.5) is 5.69 Å². The molecule has 1 aliphatic carbocycles. The third-order valence-electron chi connectivity index (χ3n) is 4.75. The van der Waals surface area contributed by atoms with Crippen molar-refractivity contribution in [3.8, 4) is 0 Å². The van der Waals surface area contributed by atoms with Crippen LogP contribution in [-0.4, -0.2) is 28.9 Å². The Bertz CT molecular complexity index is 819. The van der Waals surface area contributed by atoms with Crippen molar-refractivity contribution in [3.05, 3.63) is 29.8 Å². The third-order valence-corrected chi connectivity index (χ3v) is 4.75. The van der Waals surface area contributed by atoms with Crippen LogP contribution < -0.4 is 5.43 Å². The molecule has 1 heterocycles. The maximum Gasteiger partial charge on any atom is 0.240 e. The molecule has 6 nitrogen and oxygen atoms in total. The van der Waals surface area contributed by atoms with Gasteiger partial charge in [0, 0.05) is 25.0 Å². The molecule has 2 aliphatic rings. The Morgan fingerprint density at radius 1 is 1.15 bits per heavy atom. The predicted octanol–water partition coefficient (Wildman–Crippen LogP) is 2.97. The third kappa shape index (κ3) is 3.95. The molecule has 1 amide bonds. The quantitative estimate of drug-likeness (QED) is 0.847. The highest BCUT2D eigenvalue weighted by atomic mass is 16.2. The lowest BCUT2D eigenvalue weighted by Crippen LogP contribution is -2.41. The molecule has 1 atom stereocenters. The average Bonchev–Trinajstić information content (AvgIpc) is 2.54. The summed E-state index contributed by atoms with van der Waals surface area (Å²) < 4.78 is 0. The van der Waals surface area contributed by atoms with Gasteiger partial charge in [-0.25, -0.2) is 5.43 Å². The summed E-state index contributed by atoms with van der Waals surface area (Å²) in [6.07, 6.45) is 2.07. The van der Waals surface area contributed by atoms with Crippen LogP contribution in [-0.2, 0) is 14.4 Å². The minimum atomic E-state index is -0.722. The van der Waals surface area contributed by atoms with Gasteiger partial charge in [-0.2, -0.15) is 5.10 Å². The molecule has 1 aliphatic heterocycles. The van der Waals surface area contributed by atoms with E-state index in [1.807, 2.05) is 38.1 Å². The summed E-state index contributed by atoms with van der Waals surface area (Å²) in [5.41, 5.74) is 5.42. The molecule has 26 heavy (non-hydrogen) atoms. The fraction of sp³-hybridized carbons (Fsp3) is 0.450. The molecule has 0 bridgehead atoms. The van der Waals surface area contributed by atoms with Crippen LogP contribution in [0.5, 0.6) is 0 Å². The number of benzene rings is 1. The van der Waals surface area contributed by atoms with E-state index in [4.69, 9.17) is 0 Å². The number of Topliss-reactive ketones (excluding diaryl/α,β-unsaturated/α-hetero) is 2. The molecule has 0 radical (unpaired) electrons. The maximum atomic E-state index is 12.4. The Hall–Kier alpha value is -2.63. The van der Waals surface area contributed by atoms with Crippen molar-refractivity contribution in [2.75, 3.05) is 0 Å². The number of carbonyl (C=O) groups excluding carboxylic acids is 3. The molecule has 6 heteroatoms. The summed E-state index contributed by atoms with van der Waals surface area (Å²) in [6.45, 7) is 5.50. The van der Waals surface area contributed by atoms with Gasteiger partial charge in [-0.3, -0.25) is 19.4 Å². The number of hydrazone groups is 1. The monoisotopic (exact) mass is 353 g/mol. The van der Waals surface area contributed by atoms with E-state index in [1.54, 1.807) is 0 Å². The lowest BCUT2D eigenvalue weighted by atomic mass is 9.70. The normalized spacial score (nSPS) is 24.2. The second-order valence-electron chi connectivity index (χ2n) is 7.77. The molecule has 136 valence electrons. The zero-order chi connectivity index (χ0) is 18.9. The fourth-order valence-corrected chi connectivity index (χ4v) is 3.56. The van der Waals surface area contributed by atoms with Gasteiger partial charge in [0.2, 0.25) is 5.91 Å². The van der Waals surface area contributed by atoms with Crippen molar-refractivity contribution < 1.29 is 14.4 Å². The van der Waals surface area contributed by atoms with Gasteiger partial charge in [0.25, 0.3) is 0 Å². The topological polar surface area (TPSA) is 88.0 Å². The van der Waals surface area contributed by atoms with Gasteiger partial charge in [-0.15, -0.1) is 0 Å². The smallest absolute Gasteiger partial charge is 0.240 e. The van der Waals surface area contributed by atoms with E-state index in [1.165, 1.54) is 6.92 Å². The number of aliphatic imine (C=N–C) groups is 1. The van der Waals surface area contributed by atoms with Crippen LogP contribution in [0.3, 0.4) is 0 Å². The Labute approximate surface area is 152 Å². The SMILES string of the molecule is CC(=O)C1C(=O)CC(C)(C)CC1=Nc1ccc(C2=NNC(=O)CC2)cc1. The summed E-state index contributed by atoms with van der Waals surface area (Å²) in [7, 11) is 0. The second kappa shape index (κ2) is 6.94. The van der Waals surface area contributed by atoms with Crippen LogP contribution in [0.1, 0.15) is 52.0 Å². The number of hydrogen-bond acceptors (Lipinski definition) is 5. The van der Waals surface area contributed by atoms with Gasteiger partial charge in [0.1, 0.15) is 17.5 Å². The number of rotatable bonds is 3. The van der Waals surface area contributed by atoms with Gasteiger partial charge in [0.05, 0.1) is 11.4 Å². The summed E-state index contributed by atoms with van der Waals surface area (Å²) in [6, 6.07) is 7.50. The number of hydrogen-bond donors (Lipinski definition) is 1. The van der Waals surface area contributed by atoms with E-state index in [-0.39, 0.29) is 22.9 Å². The molecule has 1 N–H and O–H groups in total. The lowest BCUT2D eigenvalue weighted by molar-refractivity contribution is -0.131. The molecule has 1 fully saturated rings. The number of nitrogens with zero attached hydrogens (tertiary/aromatic N) is 2. The first-order valence-electron chi connectivity index (χ1n) is 8.82. The second-order valence-corrected chi connectivity index (χ2v) is 7.77. The van der Waals surface area contributed by atoms with Crippen molar-refractivity contribution >= 4 is 34.6 Å². The van der Waals surface area contributed by atoms with E-state index in [2.05, 4.69) is 15.5 Å². The van der Waals surface area contributed by atoms with Crippen LogP contribution in [0.15, 0.2) is 34.4 Å². The van der Waals surface area contributed by atoms with Crippen LogP contribution in [0, 0.1) is 11.3 Å². The highest BCUT2D eigenvalue weighted by Gasteiger charge is 2.40. The molecule has 3 rings (SSSR count). The van der Waals surface area contributed by atoms with Gasteiger partial charge in [-0.1, -0.05) is 26.0 Å². The molecule has 1 saturated carbocycles. The zero-order valence-corrected chi connectivity index (χ0v) is 15.3. The molecular weight excluding hydrogens is 330 g/mol. The van der Waals surface area contributed by atoms with Crippen molar-refractivity contribution in [1.82, 2.24) is 5.43 Å². The molecule has 0 aromatic heterocycles. The molecule has 0 saturated heterocycles. The first-order valence-corrected chi connectivity index (χ1v) is 8.82. The number of nitrogens with one attached hydrogen (secondary N) is 1. The highest BCUT2D eigenvalue weighted by Crippen LogP contribution is 2.36. The summed E-state index contributed by atoms with van der Waals surface area (Å²) in [5.74, 6) is -0.984. The van der Waals surface area contributed by atoms with E-state index in [0.29, 0.717) is 37.1 Å². The predicted molar refractivity (Wildman–Crippen MR) is 99.6 cm³/mol. The molecule has 1 aromatic rings. The number of amides is 1. The Morgan fingerprint density at radius 2 is 1.85 bits per heavy atom.